The molecule has 10 nitrogen and oxygen atoms in total. The number of nitrogens with one attached hydrogen (secondary N) is 2. The van der Waals surface area contributed by atoms with Crippen LogP contribution in [0.2, 0.25) is 0 Å². The van der Waals surface area contributed by atoms with Crippen molar-refractivity contribution in [2.45, 2.75) is 51.7 Å². The molecule has 1 aromatic carbocycles. The molecule has 3 aromatic rings. The number of nitrogens with zero attached hydrogens (tertiary/aromatic N) is 5. The molecule has 1 aliphatic carbocycles. The molecule has 0 bridgehead atoms. The van der Waals surface area contributed by atoms with Gasteiger partial charge in [0, 0.05) is 23.8 Å². The molecule has 1 fully saturated rings. The standard InChI is InChI=1S/C25H29FIN7O3/c1-15-9-18(11-21(29-15)25(36)28-13-17-5-8-20(26)22(10-17)37-2)24-31-33-34(32-24)14-16-3-6-19(7-4-16)30-23(35)12-27/h5,8-11,16,19H,3-4,6-7,12-14H2,1-2H3,(H,28,36)(H,30,35)/t16-,19-. The number of rotatable bonds is 9. The van der Waals surface area contributed by atoms with Gasteiger partial charge in [-0.15, -0.1) is 10.2 Å². The first-order valence-corrected chi connectivity index (χ1v) is 13.6. The number of halogens is 2. The molecule has 0 saturated heterocycles. The molecule has 2 amide bonds. The summed E-state index contributed by atoms with van der Waals surface area (Å²) in [6, 6.07) is 8.11. The molecule has 1 aliphatic rings. The number of carbonyl (C=O) groups is 2. The largest absolute Gasteiger partial charge is 0.494 e. The van der Waals surface area contributed by atoms with E-state index in [1.807, 2.05) is 6.07 Å². The Morgan fingerprint density at radius 3 is 2.70 bits per heavy atom. The number of hydrogen-bond donors (Lipinski definition) is 2. The Kier molecular flexibility index (Phi) is 9.00. The number of ether oxygens (including phenoxy) is 1. The third-order valence-corrected chi connectivity index (χ3v) is 7.01. The van der Waals surface area contributed by atoms with Gasteiger partial charge in [0.15, 0.2) is 11.6 Å². The topological polar surface area (TPSA) is 124 Å². The van der Waals surface area contributed by atoms with Crippen LogP contribution in [-0.4, -0.2) is 54.6 Å². The van der Waals surface area contributed by atoms with Crippen molar-refractivity contribution in [1.82, 2.24) is 35.8 Å². The Morgan fingerprint density at radius 1 is 1.19 bits per heavy atom. The van der Waals surface area contributed by atoms with Gasteiger partial charge in [-0.3, -0.25) is 9.59 Å². The molecule has 4 rings (SSSR count). The van der Waals surface area contributed by atoms with E-state index in [2.05, 4.69) is 53.6 Å². The molecule has 0 atom stereocenters. The summed E-state index contributed by atoms with van der Waals surface area (Å²) in [5, 5.41) is 18.8. The minimum atomic E-state index is -0.462. The lowest BCUT2D eigenvalue weighted by molar-refractivity contribution is -0.119. The predicted octanol–water partition coefficient (Wildman–Crippen LogP) is 3.23. The van der Waals surface area contributed by atoms with Gasteiger partial charge in [0.1, 0.15) is 5.69 Å². The highest BCUT2D eigenvalue weighted by Gasteiger charge is 2.23. The van der Waals surface area contributed by atoms with Gasteiger partial charge < -0.3 is 15.4 Å². The minimum absolute atomic E-state index is 0.0861. The zero-order valence-corrected chi connectivity index (χ0v) is 22.9. The molecule has 2 heterocycles. The zero-order chi connectivity index (χ0) is 26.4. The summed E-state index contributed by atoms with van der Waals surface area (Å²) in [6.45, 7) is 2.64. The van der Waals surface area contributed by atoms with Gasteiger partial charge in [-0.05, 0) is 73.6 Å². The summed E-state index contributed by atoms with van der Waals surface area (Å²) in [5.74, 6) is 0.213. The number of pyridine rings is 1. The summed E-state index contributed by atoms with van der Waals surface area (Å²) in [7, 11) is 1.39. The number of tetrazole rings is 1. The zero-order valence-electron chi connectivity index (χ0n) is 20.7. The molecule has 0 spiro atoms. The number of aryl methyl sites for hydroxylation is 1. The van der Waals surface area contributed by atoms with Crippen molar-refractivity contribution >= 4 is 34.4 Å². The van der Waals surface area contributed by atoms with Crippen LogP contribution in [0.3, 0.4) is 0 Å². The van der Waals surface area contributed by atoms with E-state index in [-0.39, 0.29) is 35.8 Å². The van der Waals surface area contributed by atoms with Crippen LogP contribution in [0.1, 0.15) is 47.4 Å². The maximum absolute atomic E-state index is 13.6. The van der Waals surface area contributed by atoms with Gasteiger partial charge in [-0.25, -0.2) is 9.37 Å². The fourth-order valence-electron chi connectivity index (χ4n) is 4.42. The van der Waals surface area contributed by atoms with Crippen LogP contribution in [0, 0.1) is 18.7 Å². The Bertz CT molecular complexity index is 1260. The SMILES string of the molecule is COc1cc(CNC(=O)c2cc(-c3nnn(C[C@H]4CC[C@H](NC(=O)CI)CC4)n3)cc(C)n2)ccc1F. The van der Waals surface area contributed by atoms with E-state index in [4.69, 9.17) is 4.74 Å². The lowest BCUT2D eigenvalue weighted by atomic mass is 9.86. The van der Waals surface area contributed by atoms with Crippen LogP contribution >= 0.6 is 22.6 Å². The maximum Gasteiger partial charge on any atom is 0.270 e. The molecule has 2 aromatic heterocycles. The first-order chi connectivity index (χ1) is 17.8. The smallest absolute Gasteiger partial charge is 0.270 e. The molecule has 37 heavy (non-hydrogen) atoms. The van der Waals surface area contributed by atoms with Crippen molar-refractivity contribution in [2.75, 3.05) is 11.5 Å². The minimum Gasteiger partial charge on any atom is -0.494 e. The number of hydrogen-bond acceptors (Lipinski definition) is 7. The Labute approximate surface area is 227 Å². The summed E-state index contributed by atoms with van der Waals surface area (Å²) in [4.78, 5) is 30.3. The highest BCUT2D eigenvalue weighted by Crippen LogP contribution is 2.26. The van der Waals surface area contributed by atoms with Gasteiger partial charge in [0.05, 0.1) is 18.1 Å². The highest BCUT2D eigenvalue weighted by molar-refractivity contribution is 14.1. The molecule has 0 radical (unpaired) electrons. The van der Waals surface area contributed by atoms with Crippen LogP contribution in [0.5, 0.6) is 5.75 Å². The van der Waals surface area contributed by atoms with Crippen molar-refractivity contribution < 1.29 is 18.7 Å². The van der Waals surface area contributed by atoms with Crippen molar-refractivity contribution in [3.05, 3.63) is 53.1 Å². The van der Waals surface area contributed by atoms with Gasteiger partial charge in [-0.2, -0.15) is 4.80 Å². The first-order valence-electron chi connectivity index (χ1n) is 12.1. The molecule has 2 N–H and O–H groups in total. The normalized spacial score (nSPS) is 17.3. The third-order valence-electron chi connectivity index (χ3n) is 6.32. The number of alkyl halides is 1. The predicted molar refractivity (Wildman–Crippen MR) is 143 cm³/mol. The van der Waals surface area contributed by atoms with Crippen molar-refractivity contribution in [3.8, 4) is 17.1 Å². The van der Waals surface area contributed by atoms with Crippen LogP contribution in [0.4, 0.5) is 4.39 Å². The van der Waals surface area contributed by atoms with E-state index in [9.17, 15) is 14.0 Å². The number of aromatic nitrogens is 5. The quantitative estimate of drug-likeness (QED) is 0.278. The van der Waals surface area contributed by atoms with E-state index in [0.29, 0.717) is 39.5 Å². The summed E-state index contributed by atoms with van der Waals surface area (Å²) >= 11 is 2.07. The summed E-state index contributed by atoms with van der Waals surface area (Å²) in [5.41, 5.74) is 2.23. The second-order valence-electron chi connectivity index (χ2n) is 9.12. The molecule has 0 aliphatic heterocycles. The van der Waals surface area contributed by atoms with Crippen LogP contribution in [0.15, 0.2) is 30.3 Å². The number of amides is 2. The Hall–Kier alpha value is -3.16. The third kappa shape index (κ3) is 7.21. The van der Waals surface area contributed by atoms with E-state index in [1.165, 1.54) is 13.2 Å². The molecular formula is C25H29FIN7O3. The first kappa shape index (κ1) is 26.9. The van der Waals surface area contributed by atoms with E-state index < -0.39 is 5.82 Å². The van der Waals surface area contributed by atoms with E-state index >= 15 is 0 Å². The maximum atomic E-state index is 13.6. The van der Waals surface area contributed by atoms with Crippen LogP contribution in [-0.2, 0) is 17.9 Å². The van der Waals surface area contributed by atoms with E-state index in [0.717, 1.165) is 25.7 Å². The summed E-state index contributed by atoms with van der Waals surface area (Å²) < 4.78 is 19.1. The molecule has 12 heteroatoms. The highest BCUT2D eigenvalue weighted by atomic mass is 127. The molecule has 196 valence electrons. The average molecular weight is 621 g/mol. The average Bonchev–Trinajstić information content (AvgIpc) is 3.37. The second-order valence-corrected chi connectivity index (χ2v) is 9.88. The van der Waals surface area contributed by atoms with E-state index in [1.54, 1.807) is 29.9 Å². The lowest BCUT2D eigenvalue weighted by Gasteiger charge is -2.28. The fourth-order valence-corrected chi connectivity index (χ4v) is 4.64. The molecule has 0 unspecified atom stereocenters. The Morgan fingerprint density at radius 2 is 1.97 bits per heavy atom. The molecular weight excluding hydrogens is 592 g/mol. The second kappa shape index (κ2) is 12.4. The summed E-state index contributed by atoms with van der Waals surface area (Å²) in [6.07, 6.45) is 3.87. The number of benzene rings is 1. The van der Waals surface area contributed by atoms with Crippen molar-refractivity contribution in [3.63, 3.8) is 0 Å². The number of methoxy groups -OCH3 is 1. The van der Waals surface area contributed by atoms with Crippen molar-refractivity contribution in [2.24, 2.45) is 5.92 Å². The fraction of sp³-hybridized carbons (Fsp3) is 0.440. The monoisotopic (exact) mass is 621 g/mol. The van der Waals surface area contributed by atoms with Gasteiger partial charge in [-0.1, -0.05) is 28.7 Å². The Balaban J connectivity index is 1.36. The van der Waals surface area contributed by atoms with Crippen LogP contribution in [0.25, 0.3) is 11.4 Å². The van der Waals surface area contributed by atoms with Crippen molar-refractivity contribution in [1.29, 1.82) is 0 Å². The van der Waals surface area contributed by atoms with Gasteiger partial charge in [0.25, 0.3) is 5.91 Å². The van der Waals surface area contributed by atoms with Crippen LogP contribution < -0.4 is 15.4 Å². The van der Waals surface area contributed by atoms with Gasteiger partial charge >= 0.3 is 0 Å². The lowest BCUT2D eigenvalue weighted by Crippen LogP contribution is -2.38. The number of carbonyl (C=O) groups excluding carboxylic acids is 2. The molecule has 1 saturated carbocycles. The van der Waals surface area contributed by atoms with Gasteiger partial charge in [0.2, 0.25) is 11.7 Å².